The van der Waals surface area contributed by atoms with Crippen LogP contribution in [0.25, 0.3) is 0 Å². The second-order valence-electron chi connectivity index (χ2n) is 5.76. The first-order valence-corrected chi connectivity index (χ1v) is 7.60. The molecule has 3 heteroatoms. The van der Waals surface area contributed by atoms with Crippen LogP contribution in [0.15, 0.2) is 12.1 Å². The third-order valence-corrected chi connectivity index (χ3v) is 4.49. The number of nitrogens with one attached hydrogen (secondary N) is 1. The first-order chi connectivity index (χ1) is 9.34. The van der Waals surface area contributed by atoms with E-state index < -0.39 is 0 Å². The number of phenolic OH excluding ortho intramolecular Hbond substituents is 1. The van der Waals surface area contributed by atoms with Crippen molar-refractivity contribution in [2.24, 2.45) is 0 Å². The van der Waals surface area contributed by atoms with E-state index in [4.69, 9.17) is 0 Å². The molecule has 0 unspecified atom stereocenters. The van der Waals surface area contributed by atoms with E-state index in [-0.39, 0.29) is 0 Å². The van der Waals surface area contributed by atoms with E-state index in [0.29, 0.717) is 5.75 Å². The predicted molar refractivity (Wildman–Crippen MR) is 77.8 cm³/mol. The lowest BCUT2D eigenvalue weighted by atomic mass is 9.89. The number of hydrogen-bond donors (Lipinski definition) is 2. The van der Waals surface area contributed by atoms with Gasteiger partial charge in [-0.05, 0) is 48.8 Å². The third-order valence-electron chi connectivity index (χ3n) is 4.49. The zero-order valence-corrected chi connectivity index (χ0v) is 11.6. The number of aromatic hydroxyl groups is 1. The van der Waals surface area contributed by atoms with Gasteiger partial charge in [0.25, 0.3) is 0 Å². The number of hydrogen-bond acceptors (Lipinski definition) is 3. The minimum absolute atomic E-state index is 0.590. The van der Waals surface area contributed by atoms with Crippen LogP contribution in [0, 0.1) is 0 Å². The maximum atomic E-state index is 10.4. The van der Waals surface area contributed by atoms with E-state index in [1.54, 1.807) is 0 Å². The second-order valence-corrected chi connectivity index (χ2v) is 5.76. The summed E-state index contributed by atoms with van der Waals surface area (Å²) in [6, 6.07) is 4.38. The summed E-state index contributed by atoms with van der Waals surface area (Å²) in [4.78, 5) is 2.48. The summed E-state index contributed by atoms with van der Waals surface area (Å²) in [5.74, 6) is 0.590. The van der Waals surface area contributed by atoms with Crippen LogP contribution >= 0.6 is 0 Å². The number of phenols is 1. The van der Waals surface area contributed by atoms with Crippen LogP contribution in [-0.4, -0.2) is 42.7 Å². The first kappa shape index (κ1) is 12.9. The molecule has 1 aromatic rings. The fraction of sp³-hybridized carbons (Fsp3) is 0.625. The van der Waals surface area contributed by atoms with Crippen LogP contribution in [0.1, 0.15) is 29.5 Å². The molecule has 0 aromatic heterocycles. The monoisotopic (exact) mass is 260 g/mol. The van der Waals surface area contributed by atoms with Gasteiger partial charge in [-0.3, -0.25) is 0 Å². The molecule has 2 N–H and O–H groups in total. The Kier molecular flexibility index (Phi) is 4.04. The summed E-state index contributed by atoms with van der Waals surface area (Å²) in [5, 5.41) is 13.8. The van der Waals surface area contributed by atoms with Crippen molar-refractivity contribution < 1.29 is 5.11 Å². The number of rotatable bonds is 3. The molecule has 1 aromatic carbocycles. The smallest absolute Gasteiger partial charge is 0.122 e. The van der Waals surface area contributed by atoms with Crippen molar-refractivity contribution in [3.8, 4) is 5.75 Å². The van der Waals surface area contributed by atoms with Crippen molar-refractivity contribution >= 4 is 0 Å². The summed E-state index contributed by atoms with van der Waals surface area (Å²) in [6.45, 7) is 5.51. The Morgan fingerprint density at radius 1 is 1.11 bits per heavy atom. The zero-order chi connectivity index (χ0) is 13.1. The van der Waals surface area contributed by atoms with Crippen molar-refractivity contribution in [2.75, 3.05) is 32.7 Å². The molecular weight excluding hydrogens is 236 g/mol. The van der Waals surface area contributed by atoms with E-state index >= 15 is 0 Å². The molecule has 2 aliphatic rings. The Morgan fingerprint density at radius 3 is 2.74 bits per heavy atom. The highest BCUT2D eigenvalue weighted by atomic mass is 16.3. The second kappa shape index (κ2) is 5.93. The van der Waals surface area contributed by atoms with Gasteiger partial charge in [-0.1, -0.05) is 12.1 Å². The Hall–Kier alpha value is -1.06. The molecule has 3 nitrogen and oxygen atoms in total. The van der Waals surface area contributed by atoms with Crippen molar-refractivity contribution in [1.82, 2.24) is 10.2 Å². The molecule has 0 atom stereocenters. The number of nitrogens with zero attached hydrogens (tertiary/aromatic N) is 1. The molecule has 104 valence electrons. The molecule has 3 rings (SSSR count). The average molecular weight is 260 g/mol. The quantitative estimate of drug-likeness (QED) is 0.868. The minimum atomic E-state index is 0.590. The largest absolute Gasteiger partial charge is 0.507 e. The molecule has 1 fully saturated rings. The number of benzene rings is 1. The zero-order valence-electron chi connectivity index (χ0n) is 11.6. The Morgan fingerprint density at radius 2 is 1.89 bits per heavy atom. The number of piperazine rings is 1. The van der Waals surface area contributed by atoms with Gasteiger partial charge in [0.05, 0.1) is 0 Å². The van der Waals surface area contributed by atoms with Crippen LogP contribution < -0.4 is 5.32 Å². The molecule has 1 heterocycles. The lowest BCUT2D eigenvalue weighted by Crippen LogP contribution is -2.44. The molecule has 1 aliphatic carbocycles. The lowest BCUT2D eigenvalue weighted by molar-refractivity contribution is 0.243. The van der Waals surface area contributed by atoms with Gasteiger partial charge in [0.1, 0.15) is 5.75 Å². The molecule has 0 spiro atoms. The maximum Gasteiger partial charge on any atom is 0.122 e. The van der Waals surface area contributed by atoms with E-state index in [1.165, 1.54) is 24.0 Å². The Labute approximate surface area is 115 Å². The van der Waals surface area contributed by atoms with Gasteiger partial charge in [-0.2, -0.15) is 0 Å². The summed E-state index contributed by atoms with van der Waals surface area (Å²) >= 11 is 0. The summed E-state index contributed by atoms with van der Waals surface area (Å²) in [6.07, 6.45) is 5.66. The summed E-state index contributed by atoms with van der Waals surface area (Å²) < 4.78 is 0. The third kappa shape index (κ3) is 2.93. The molecule has 0 bridgehead atoms. The van der Waals surface area contributed by atoms with E-state index in [9.17, 15) is 5.11 Å². The molecule has 0 radical (unpaired) electrons. The van der Waals surface area contributed by atoms with E-state index in [2.05, 4.69) is 22.3 Å². The van der Waals surface area contributed by atoms with Crippen molar-refractivity contribution in [3.05, 3.63) is 28.8 Å². The van der Waals surface area contributed by atoms with Gasteiger partial charge in [0.15, 0.2) is 0 Å². The highest BCUT2D eigenvalue weighted by molar-refractivity contribution is 5.46. The topological polar surface area (TPSA) is 35.5 Å². The number of aryl methyl sites for hydroxylation is 1. The van der Waals surface area contributed by atoms with Crippen LogP contribution in [0.3, 0.4) is 0 Å². The van der Waals surface area contributed by atoms with Crippen LogP contribution in [0.5, 0.6) is 5.75 Å². The normalized spacial score (nSPS) is 20.2. The molecular formula is C16H24N2O. The maximum absolute atomic E-state index is 10.4. The van der Waals surface area contributed by atoms with Crippen molar-refractivity contribution in [1.29, 1.82) is 0 Å². The molecule has 1 aliphatic heterocycles. The van der Waals surface area contributed by atoms with Gasteiger partial charge in [0, 0.05) is 32.7 Å². The van der Waals surface area contributed by atoms with Crippen LogP contribution in [0.4, 0.5) is 0 Å². The lowest BCUT2D eigenvalue weighted by Gasteiger charge is -2.27. The Bertz CT molecular complexity index is 439. The van der Waals surface area contributed by atoms with Gasteiger partial charge in [-0.25, -0.2) is 0 Å². The van der Waals surface area contributed by atoms with Crippen LogP contribution in [-0.2, 0) is 19.3 Å². The molecule has 19 heavy (non-hydrogen) atoms. The summed E-state index contributed by atoms with van der Waals surface area (Å²) in [7, 11) is 0. The SMILES string of the molecule is Oc1c(CCN2CCNCC2)ccc2c1CCCC2. The van der Waals surface area contributed by atoms with Crippen molar-refractivity contribution in [3.63, 3.8) is 0 Å². The molecule has 1 saturated heterocycles. The predicted octanol–water partition coefficient (Wildman–Crippen LogP) is 1.72. The van der Waals surface area contributed by atoms with E-state index in [0.717, 1.165) is 57.5 Å². The summed E-state index contributed by atoms with van der Waals surface area (Å²) in [5.41, 5.74) is 3.73. The van der Waals surface area contributed by atoms with Gasteiger partial charge < -0.3 is 15.3 Å². The highest BCUT2D eigenvalue weighted by Crippen LogP contribution is 2.32. The highest BCUT2D eigenvalue weighted by Gasteiger charge is 2.16. The van der Waals surface area contributed by atoms with Gasteiger partial charge >= 0.3 is 0 Å². The molecule has 0 amide bonds. The Balaban J connectivity index is 1.67. The van der Waals surface area contributed by atoms with E-state index in [1.807, 2.05) is 0 Å². The fourth-order valence-corrected chi connectivity index (χ4v) is 3.27. The fourth-order valence-electron chi connectivity index (χ4n) is 3.27. The number of fused-ring (bicyclic) bond motifs is 1. The minimum Gasteiger partial charge on any atom is -0.507 e. The van der Waals surface area contributed by atoms with Crippen LogP contribution in [0.2, 0.25) is 0 Å². The van der Waals surface area contributed by atoms with Gasteiger partial charge in [0.2, 0.25) is 0 Å². The first-order valence-electron chi connectivity index (χ1n) is 7.60. The van der Waals surface area contributed by atoms with Gasteiger partial charge in [-0.15, -0.1) is 0 Å². The standard InChI is InChI=1S/C16H24N2O/c19-16-14(7-10-18-11-8-17-9-12-18)6-5-13-3-1-2-4-15(13)16/h5-6,17,19H,1-4,7-12H2. The van der Waals surface area contributed by atoms with Crippen molar-refractivity contribution in [2.45, 2.75) is 32.1 Å². The molecule has 0 saturated carbocycles. The average Bonchev–Trinajstić information content (AvgIpc) is 2.48.